The molecule has 3 rings (SSSR count). The lowest BCUT2D eigenvalue weighted by Gasteiger charge is -2.31. The Kier molecular flexibility index (Phi) is 3.98. The Balaban J connectivity index is 2.18. The van der Waals surface area contributed by atoms with E-state index in [9.17, 15) is 9.59 Å². The molecule has 2 heterocycles. The van der Waals surface area contributed by atoms with Crippen molar-refractivity contribution < 1.29 is 28.3 Å². The summed E-state index contributed by atoms with van der Waals surface area (Å²) in [6, 6.07) is 5.35. The highest BCUT2D eigenvalue weighted by Gasteiger charge is 2.33. The van der Waals surface area contributed by atoms with Crippen molar-refractivity contribution in [2.75, 3.05) is 32.5 Å². The molecule has 1 aromatic heterocycles. The molecule has 2 aromatic rings. The summed E-state index contributed by atoms with van der Waals surface area (Å²) in [7, 11) is 2.48. The van der Waals surface area contributed by atoms with E-state index in [1.165, 1.54) is 19.1 Å². The third kappa shape index (κ3) is 2.53. The number of hydrogen-bond donors (Lipinski definition) is 0. The van der Waals surface area contributed by atoms with Gasteiger partial charge in [-0.1, -0.05) is 11.2 Å². The van der Waals surface area contributed by atoms with Crippen LogP contribution >= 0.6 is 0 Å². The van der Waals surface area contributed by atoms with Crippen molar-refractivity contribution in [2.45, 2.75) is 0 Å². The van der Waals surface area contributed by atoms with Crippen LogP contribution in [-0.2, 0) is 23.8 Å². The summed E-state index contributed by atoms with van der Waals surface area (Å²) in [5, 5.41) is 4.51. The first-order valence-corrected chi connectivity index (χ1v) is 6.75. The first-order valence-electron chi connectivity index (χ1n) is 6.75. The van der Waals surface area contributed by atoms with Crippen LogP contribution in [0.4, 0.5) is 5.69 Å². The molecule has 0 unspecified atom stereocenters. The number of anilines is 1. The molecule has 0 aliphatic carbocycles. The van der Waals surface area contributed by atoms with E-state index in [0.717, 1.165) is 5.39 Å². The number of para-hydroxylation sites is 1. The van der Waals surface area contributed by atoms with Crippen LogP contribution in [0.3, 0.4) is 0 Å². The van der Waals surface area contributed by atoms with Gasteiger partial charge in [0.15, 0.2) is 5.58 Å². The SMILES string of the molecule is COC(=O)C1=C(C(=O)OC)N(c2cccc3cnoc23)COC1. The number of hydrogen-bond acceptors (Lipinski definition) is 8. The van der Waals surface area contributed by atoms with E-state index >= 15 is 0 Å². The van der Waals surface area contributed by atoms with Crippen molar-refractivity contribution in [1.29, 1.82) is 0 Å². The highest BCUT2D eigenvalue weighted by Crippen LogP contribution is 2.32. The Morgan fingerprint density at radius 3 is 2.74 bits per heavy atom. The maximum atomic E-state index is 12.2. The minimum Gasteiger partial charge on any atom is -0.466 e. The van der Waals surface area contributed by atoms with E-state index in [0.29, 0.717) is 11.3 Å². The van der Waals surface area contributed by atoms with Gasteiger partial charge in [-0.05, 0) is 12.1 Å². The van der Waals surface area contributed by atoms with Crippen LogP contribution in [-0.4, -0.2) is 44.7 Å². The molecule has 8 nitrogen and oxygen atoms in total. The van der Waals surface area contributed by atoms with Crippen molar-refractivity contribution in [3.05, 3.63) is 35.7 Å². The summed E-state index contributed by atoms with van der Waals surface area (Å²) in [5.74, 6) is -1.31. The topological polar surface area (TPSA) is 91.1 Å². The standard InChI is InChI=1S/C15H14N2O6/c1-20-14(18)10-7-22-8-17(12(10)15(19)21-2)11-5-3-4-9-6-16-23-13(9)11/h3-6H,7-8H2,1-2H3. The molecule has 0 N–H and O–H groups in total. The molecule has 23 heavy (non-hydrogen) atoms. The van der Waals surface area contributed by atoms with Gasteiger partial charge in [-0.25, -0.2) is 9.59 Å². The molecule has 0 amide bonds. The normalized spacial score (nSPS) is 15.0. The summed E-state index contributed by atoms with van der Waals surface area (Å²) in [6.07, 6.45) is 1.56. The highest BCUT2D eigenvalue weighted by atomic mass is 16.5. The van der Waals surface area contributed by atoms with Gasteiger partial charge in [0, 0.05) is 5.39 Å². The number of esters is 2. The predicted molar refractivity (Wildman–Crippen MR) is 78.4 cm³/mol. The number of aromatic nitrogens is 1. The van der Waals surface area contributed by atoms with Crippen LogP contribution in [0.1, 0.15) is 0 Å². The molecular weight excluding hydrogens is 304 g/mol. The maximum absolute atomic E-state index is 12.2. The van der Waals surface area contributed by atoms with E-state index in [2.05, 4.69) is 5.16 Å². The Morgan fingerprint density at radius 1 is 1.22 bits per heavy atom. The summed E-state index contributed by atoms with van der Waals surface area (Å²) < 4.78 is 20.2. The fraction of sp³-hybridized carbons (Fsp3) is 0.267. The molecule has 0 saturated carbocycles. The molecule has 0 fully saturated rings. The minimum absolute atomic E-state index is 0.0417. The van der Waals surface area contributed by atoms with Crippen LogP contribution < -0.4 is 4.90 Å². The van der Waals surface area contributed by atoms with Crippen molar-refractivity contribution >= 4 is 28.6 Å². The van der Waals surface area contributed by atoms with Crippen LogP contribution in [0.2, 0.25) is 0 Å². The van der Waals surface area contributed by atoms with Gasteiger partial charge in [0.2, 0.25) is 0 Å². The Hall–Kier alpha value is -2.87. The zero-order valence-corrected chi connectivity index (χ0v) is 12.6. The smallest absolute Gasteiger partial charge is 0.355 e. The number of ether oxygens (including phenoxy) is 3. The van der Waals surface area contributed by atoms with E-state index in [1.807, 2.05) is 6.07 Å². The second kappa shape index (κ2) is 6.09. The summed E-state index contributed by atoms with van der Waals surface area (Å²) in [5.41, 5.74) is 1.17. The number of carbonyl (C=O) groups excluding carboxylic acids is 2. The Morgan fingerprint density at radius 2 is 2.00 bits per heavy atom. The van der Waals surface area contributed by atoms with E-state index < -0.39 is 11.9 Å². The molecule has 120 valence electrons. The van der Waals surface area contributed by atoms with Gasteiger partial charge in [-0.15, -0.1) is 0 Å². The van der Waals surface area contributed by atoms with Crippen LogP contribution in [0.5, 0.6) is 0 Å². The summed E-state index contributed by atoms with van der Waals surface area (Å²) >= 11 is 0. The molecule has 0 bridgehead atoms. The van der Waals surface area contributed by atoms with Crippen molar-refractivity contribution in [3.63, 3.8) is 0 Å². The number of rotatable bonds is 3. The lowest BCUT2D eigenvalue weighted by molar-refractivity contribution is -0.140. The number of fused-ring (bicyclic) bond motifs is 1. The average molecular weight is 318 g/mol. The van der Waals surface area contributed by atoms with E-state index in [-0.39, 0.29) is 24.6 Å². The molecule has 0 saturated heterocycles. The number of benzene rings is 1. The van der Waals surface area contributed by atoms with Crippen molar-refractivity contribution in [3.8, 4) is 0 Å². The predicted octanol–water partition coefficient (Wildman–Crippen LogP) is 1.22. The first kappa shape index (κ1) is 15.0. The average Bonchev–Trinajstić information content (AvgIpc) is 3.08. The third-order valence-electron chi connectivity index (χ3n) is 3.48. The summed E-state index contributed by atoms with van der Waals surface area (Å²) in [6.45, 7) is 0.0186. The van der Waals surface area contributed by atoms with Gasteiger partial charge in [-0.2, -0.15) is 0 Å². The quantitative estimate of drug-likeness (QED) is 0.780. The number of nitrogens with zero attached hydrogens (tertiary/aromatic N) is 2. The van der Waals surface area contributed by atoms with Gasteiger partial charge in [0.25, 0.3) is 0 Å². The Bertz CT molecular complexity index is 794. The Labute approximate surface area is 131 Å². The molecule has 1 aromatic carbocycles. The van der Waals surface area contributed by atoms with Crippen molar-refractivity contribution in [2.24, 2.45) is 0 Å². The van der Waals surface area contributed by atoms with Gasteiger partial charge in [0.05, 0.1) is 38.3 Å². The molecule has 0 atom stereocenters. The number of methoxy groups -OCH3 is 2. The lowest BCUT2D eigenvalue weighted by Crippen LogP contribution is -2.38. The highest BCUT2D eigenvalue weighted by molar-refractivity contribution is 6.05. The molecule has 0 radical (unpaired) electrons. The van der Waals surface area contributed by atoms with Gasteiger partial charge >= 0.3 is 11.9 Å². The van der Waals surface area contributed by atoms with Crippen molar-refractivity contribution in [1.82, 2.24) is 5.16 Å². The minimum atomic E-state index is -0.662. The second-order valence-corrected chi connectivity index (χ2v) is 4.74. The van der Waals surface area contributed by atoms with Gasteiger partial charge < -0.3 is 23.6 Å². The van der Waals surface area contributed by atoms with E-state index in [4.69, 9.17) is 18.7 Å². The molecule has 0 spiro atoms. The van der Waals surface area contributed by atoms with Gasteiger partial charge in [0.1, 0.15) is 12.4 Å². The number of carbonyl (C=O) groups is 2. The first-order chi connectivity index (χ1) is 11.2. The fourth-order valence-electron chi connectivity index (χ4n) is 2.43. The fourth-order valence-corrected chi connectivity index (χ4v) is 2.43. The van der Waals surface area contributed by atoms with Gasteiger partial charge in [-0.3, -0.25) is 0 Å². The van der Waals surface area contributed by atoms with Crippen LogP contribution in [0, 0.1) is 0 Å². The third-order valence-corrected chi connectivity index (χ3v) is 3.48. The molecule has 8 heteroatoms. The van der Waals surface area contributed by atoms with Crippen LogP contribution in [0.25, 0.3) is 11.0 Å². The lowest BCUT2D eigenvalue weighted by atomic mass is 10.1. The molecular formula is C15H14N2O6. The van der Waals surface area contributed by atoms with Crippen LogP contribution in [0.15, 0.2) is 40.2 Å². The zero-order chi connectivity index (χ0) is 16.4. The molecule has 1 aliphatic rings. The molecule has 1 aliphatic heterocycles. The summed E-state index contributed by atoms with van der Waals surface area (Å²) in [4.78, 5) is 25.7. The zero-order valence-electron chi connectivity index (χ0n) is 12.6. The monoisotopic (exact) mass is 318 g/mol. The second-order valence-electron chi connectivity index (χ2n) is 4.74. The van der Waals surface area contributed by atoms with E-state index in [1.54, 1.807) is 18.3 Å². The largest absolute Gasteiger partial charge is 0.466 e. The maximum Gasteiger partial charge on any atom is 0.355 e.